The number of aromatic nitrogens is 2. The highest BCUT2D eigenvalue weighted by molar-refractivity contribution is 7.99. The Morgan fingerprint density at radius 3 is 2.26 bits per heavy atom. The van der Waals surface area contributed by atoms with Crippen LogP contribution in [-0.4, -0.2) is 35.8 Å². The molecule has 0 saturated carbocycles. The van der Waals surface area contributed by atoms with Gasteiger partial charge >= 0.3 is 6.18 Å². The molecular formula is C30H26F3N5O3S. The fourth-order valence-electron chi connectivity index (χ4n) is 4.21. The lowest BCUT2D eigenvalue weighted by atomic mass is 10.0. The molecule has 0 spiro atoms. The topological polar surface area (TPSA) is 109 Å². The summed E-state index contributed by atoms with van der Waals surface area (Å²) < 4.78 is 49.4. The number of nitriles is 1. The van der Waals surface area contributed by atoms with Gasteiger partial charge in [0.15, 0.2) is 16.7 Å². The molecule has 42 heavy (non-hydrogen) atoms. The number of aryl methyl sites for hydroxylation is 2. The number of anilines is 3. The molecule has 0 aliphatic heterocycles. The van der Waals surface area contributed by atoms with Crippen molar-refractivity contribution in [1.82, 2.24) is 9.97 Å². The molecule has 0 aliphatic rings. The van der Waals surface area contributed by atoms with Crippen molar-refractivity contribution in [2.24, 2.45) is 0 Å². The quantitative estimate of drug-likeness (QED) is 0.118. The first-order chi connectivity index (χ1) is 20.0. The summed E-state index contributed by atoms with van der Waals surface area (Å²) in [6, 6.07) is 13.6. The number of nitrogens with zero attached hydrogens (tertiary/aromatic N) is 3. The van der Waals surface area contributed by atoms with E-state index < -0.39 is 17.6 Å². The van der Waals surface area contributed by atoms with E-state index in [-0.39, 0.29) is 11.4 Å². The third-order valence-electron chi connectivity index (χ3n) is 6.16. The molecule has 0 fully saturated rings. The molecule has 2 N–H and O–H groups in total. The molecule has 0 saturated heterocycles. The number of fused-ring (bicyclic) bond motifs is 1. The van der Waals surface area contributed by atoms with Crippen LogP contribution in [0.4, 0.5) is 30.4 Å². The molecule has 8 nitrogen and oxygen atoms in total. The Labute approximate surface area is 244 Å². The molecular weight excluding hydrogens is 567 g/mol. The second kappa shape index (κ2) is 12.8. The Balaban J connectivity index is 1.63. The van der Waals surface area contributed by atoms with Crippen LogP contribution in [0, 0.1) is 25.2 Å². The number of allylic oxidation sites excluding steroid dienone is 1. The molecule has 4 rings (SSSR count). The van der Waals surface area contributed by atoms with E-state index in [2.05, 4.69) is 20.6 Å². The number of nitrogens with one attached hydrogen (secondary N) is 2. The number of rotatable bonds is 9. The molecule has 0 radical (unpaired) electrons. The van der Waals surface area contributed by atoms with Crippen LogP contribution in [0.15, 0.2) is 59.8 Å². The van der Waals surface area contributed by atoms with E-state index in [9.17, 15) is 18.0 Å². The van der Waals surface area contributed by atoms with Gasteiger partial charge in [0.1, 0.15) is 5.82 Å². The standard InChI is InChI=1S/C30H26F3N5O3S/c1-17-12-19(6-5-11-34)13-18(2)27(17)37-28-22-14-24(40-3)25(41-4)15-23(22)36-29(38-28)42-16-26(39)35-21-9-7-20(8-10-21)30(31,32)33/h5-10,12-15H,16H2,1-4H3,(H,35,39)(H,36,37,38)/b6-5+. The van der Waals surface area contributed by atoms with Gasteiger partial charge in [-0.15, -0.1) is 0 Å². The van der Waals surface area contributed by atoms with Gasteiger partial charge in [0.25, 0.3) is 0 Å². The van der Waals surface area contributed by atoms with Crippen molar-refractivity contribution < 1.29 is 27.4 Å². The van der Waals surface area contributed by atoms with Crippen molar-refractivity contribution in [2.75, 3.05) is 30.6 Å². The maximum atomic E-state index is 12.8. The van der Waals surface area contributed by atoms with Crippen molar-refractivity contribution in [2.45, 2.75) is 25.2 Å². The number of methoxy groups -OCH3 is 2. The fraction of sp³-hybridized carbons (Fsp3) is 0.200. The Bertz CT molecular complexity index is 1680. The Morgan fingerprint density at radius 1 is 1.02 bits per heavy atom. The van der Waals surface area contributed by atoms with Gasteiger partial charge < -0.3 is 20.1 Å². The van der Waals surface area contributed by atoms with Crippen molar-refractivity contribution in [3.05, 3.63) is 76.9 Å². The summed E-state index contributed by atoms with van der Waals surface area (Å²) in [6.45, 7) is 3.88. The van der Waals surface area contributed by atoms with Gasteiger partial charge in [-0.1, -0.05) is 11.8 Å². The molecule has 0 atom stereocenters. The Morgan fingerprint density at radius 2 is 1.67 bits per heavy atom. The van der Waals surface area contributed by atoms with Crippen LogP contribution in [-0.2, 0) is 11.0 Å². The van der Waals surface area contributed by atoms with Crippen molar-refractivity contribution >= 4 is 51.8 Å². The summed E-state index contributed by atoms with van der Waals surface area (Å²) in [6.07, 6.45) is -1.32. The zero-order valence-electron chi connectivity index (χ0n) is 23.1. The molecule has 4 aromatic rings. The van der Waals surface area contributed by atoms with Crippen LogP contribution in [0.2, 0.25) is 0 Å². The summed E-state index contributed by atoms with van der Waals surface area (Å²) in [5.41, 5.74) is 3.52. The van der Waals surface area contributed by atoms with E-state index in [1.54, 1.807) is 18.2 Å². The number of alkyl halides is 3. The summed E-state index contributed by atoms with van der Waals surface area (Å²) >= 11 is 1.07. The van der Waals surface area contributed by atoms with Crippen LogP contribution < -0.4 is 20.1 Å². The lowest BCUT2D eigenvalue weighted by Gasteiger charge is -2.17. The minimum atomic E-state index is -4.46. The number of ether oxygens (including phenoxy) is 2. The van der Waals surface area contributed by atoms with Crippen LogP contribution in [0.25, 0.3) is 17.0 Å². The Hall–Kier alpha value is -4.76. The third-order valence-corrected chi connectivity index (χ3v) is 7.00. The highest BCUT2D eigenvalue weighted by Gasteiger charge is 2.30. The Kier molecular flexibility index (Phi) is 9.22. The number of thioether (sulfide) groups is 1. The number of halogens is 3. The minimum absolute atomic E-state index is 0.0861. The van der Waals surface area contributed by atoms with Gasteiger partial charge in [0, 0.05) is 28.9 Å². The zero-order valence-corrected chi connectivity index (χ0v) is 23.9. The summed E-state index contributed by atoms with van der Waals surface area (Å²) in [4.78, 5) is 21.9. The maximum absolute atomic E-state index is 12.8. The average molecular weight is 594 g/mol. The number of hydrogen-bond donors (Lipinski definition) is 2. The average Bonchev–Trinajstić information content (AvgIpc) is 2.95. The second-order valence-electron chi connectivity index (χ2n) is 9.11. The highest BCUT2D eigenvalue weighted by atomic mass is 32.2. The van der Waals surface area contributed by atoms with Crippen LogP contribution in [0.1, 0.15) is 22.3 Å². The molecule has 0 aliphatic carbocycles. The normalized spacial score (nSPS) is 11.4. The predicted octanol–water partition coefficient (Wildman–Crippen LogP) is 7.29. The van der Waals surface area contributed by atoms with Gasteiger partial charge in [-0.25, -0.2) is 9.97 Å². The van der Waals surface area contributed by atoms with E-state index >= 15 is 0 Å². The van der Waals surface area contributed by atoms with Gasteiger partial charge in [-0.3, -0.25) is 4.79 Å². The molecule has 216 valence electrons. The molecule has 0 bridgehead atoms. The molecule has 1 amide bonds. The van der Waals surface area contributed by atoms with Crippen molar-refractivity contribution in [3.63, 3.8) is 0 Å². The van der Waals surface area contributed by atoms with Crippen LogP contribution in [0.5, 0.6) is 11.5 Å². The molecule has 3 aromatic carbocycles. The predicted molar refractivity (Wildman–Crippen MR) is 157 cm³/mol. The lowest BCUT2D eigenvalue weighted by Crippen LogP contribution is -2.14. The summed E-state index contributed by atoms with van der Waals surface area (Å²) in [5.74, 6) is 0.901. The van der Waals surface area contributed by atoms with Gasteiger partial charge in [0.05, 0.1) is 37.1 Å². The van der Waals surface area contributed by atoms with E-state index in [1.807, 2.05) is 32.0 Å². The number of carbonyl (C=O) groups is 1. The monoisotopic (exact) mass is 593 g/mol. The zero-order chi connectivity index (χ0) is 30.4. The van der Waals surface area contributed by atoms with Gasteiger partial charge in [-0.05, 0) is 79.1 Å². The summed E-state index contributed by atoms with van der Waals surface area (Å²) in [5, 5.41) is 15.8. The molecule has 12 heteroatoms. The second-order valence-corrected chi connectivity index (χ2v) is 10.1. The SMILES string of the molecule is COc1cc2nc(SCC(=O)Nc3ccc(C(F)(F)F)cc3)nc(Nc3c(C)cc(/C=C/C#N)cc3C)c2cc1OC. The molecule has 1 aromatic heterocycles. The number of carbonyl (C=O) groups excluding carboxylic acids is 1. The van der Waals surface area contributed by atoms with Crippen LogP contribution in [0.3, 0.4) is 0 Å². The van der Waals surface area contributed by atoms with E-state index in [1.165, 1.54) is 32.4 Å². The van der Waals surface area contributed by atoms with E-state index in [0.29, 0.717) is 33.4 Å². The van der Waals surface area contributed by atoms with E-state index in [0.717, 1.165) is 46.3 Å². The third kappa shape index (κ3) is 7.11. The van der Waals surface area contributed by atoms with Gasteiger partial charge in [0.2, 0.25) is 5.91 Å². The molecule has 1 heterocycles. The van der Waals surface area contributed by atoms with E-state index in [4.69, 9.17) is 14.7 Å². The maximum Gasteiger partial charge on any atom is 0.416 e. The smallest absolute Gasteiger partial charge is 0.416 e. The fourth-order valence-corrected chi connectivity index (χ4v) is 4.86. The first kappa shape index (κ1) is 30.2. The van der Waals surface area contributed by atoms with Crippen LogP contribution >= 0.6 is 11.8 Å². The number of amides is 1. The van der Waals surface area contributed by atoms with Crippen molar-refractivity contribution in [1.29, 1.82) is 5.26 Å². The summed E-state index contributed by atoms with van der Waals surface area (Å²) in [7, 11) is 3.04. The highest BCUT2D eigenvalue weighted by Crippen LogP contribution is 2.37. The number of benzene rings is 3. The first-order valence-electron chi connectivity index (χ1n) is 12.5. The lowest BCUT2D eigenvalue weighted by molar-refractivity contribution is -0.137. The van der Waals surface area contributed by atoms with Gasteiger partial charge in [-0.2, -0.15) is 18.4 Å². The minimum Gasteiger partial charge on any atom is -0.493 e. The first-order valence-corrected chi connectivity index (χ1v) is 13.5. The molecule has 0 unspecified atom stereocenters. The largest absolute Gasteiger partial charge is 0.493 e. The number of hydrogen-bond acceptors (Lipinski definition) is 8. The van der Waals surface area contributed by atoms with Crippen molar-refractivity contribution in [3.8, 4) is 17.6 Å².